The van der Waals surface area contributed by atoms with Crippen molar-refractivity contribution in [2.45, 2.75) is 19.9 Å². The van der Waals surface area contributed by atoms with Gasteiger partial charge in [0.25, 0.3) is 0 Å². The Bertz CT molecular complexity index is 896. The number of hydrogen-bond acceptors (Lipinski definition) is 6. The maximum absolute atomic E-state index is 10.8. The van der Waals surface area contributed by atoms with E-state index in [1.165, 1.54) is 0 Å². The fourth-order valence-electron chi connectivity index (χ4n) is 2.08. The van der Waals surface area contributed by atoms with Gasteiger partial charge in [-0.15, -0.1) is 0 Å². The topological polar surface area (TPSA) is 103 Å². The molecule has 1 N–H and O–H groups in total. The normalized spacial score (nSPS) is 10.6. The first kappa shape index (κ1) is 16.4. The van der Waals surface area contributed by atoms with Crippen LogP contribution in [0, 0.1) is 0 Å². The summed E-state index contributed by atoms with van der Waals surface area (Å²) >= 11 is 0. The van der Waals surface area contributed by atoms with Gasteiger partial charge in [-0.1, -0.05) is 11.7 Å². The van der Waals surface area contributed by atoms with Crippen molar-refractivity contribution in [3.63, 3.8) is 0 Å². The molecule has 3 rings (SSSR count). The minimum Gasteiger partial charge on any atom is -0.478 e. The molecular weight excluding hydrogens is 324 g/mol. The summed E-state index contributed by atoms with van der Waals surface area (Å²) in [6.45, 7) is 6.21. The average Bonchev–Trinajstić information content (AvgIpc) is 3.25. The highest BCUT2D eigenvalue weighted by atomic mass is 16.5. The van der Waals surface area contributed by atoms with Gasteiger partial charge in [0.15, 0.2) is 5.75 Å². The van der Waals surface area contributed by atoms with Crippen LogP contribution in [0.4, 0.5) is 0 Å². The number of hydrogen-bond donors (Lipinski definition) is 1. The zero-order chi connectivity index (χ0) is 17.8. The molecule has 8 nitrogen and oxygen atoms in total. The number of benzene rings is 1. The van der Waals surface area contributed by atoms with Gasteiger partial charge in [0.05, 0.1) is 18.8 Å². The van der Waals surface area contributed by atoms with Crippen molar-refractivity contribution in [2.75, 3.05) is 0 Å². The maximum atomic E-state index is 10.8. The van der Waals surface area contributed by atoms with Crippen LogP contribution >= 0.6 is 0 Å². The minimum absolute atomic E-state index is 0.00491. The number of nitrogens with zero attached hydrogens (tertiary/aromatic N) is 4. The molecule has 3 aromatic rings. The standard InChI is InChI=1S/C17H16N4O4/c1-3-21-10-14(9-18-21)24-13-6-4-12(5-7-13)16-19-15(25-20-16)8-11(2)17(22)23/h4-7,9-10H,2-3,8H2,1H3,(H,22,23). The minimum atomic E-state index is -1.09. The molecule has 0 atom stereocenters. The van der Waals surface area contributed by atoms with E-state index >= 15 is 0 Å². The Morgan fingerprint density at radius 1 is 1.32 bits per heavy atom. The van der Waals surface area contributed by atoms with Gasteiger partial charge < -0.3 is 14.4 Å². The first-order valence-electron chi connectivity index (χ1n) is 7.59. The third kappa shape index (κ3) is 3.92. The average molecular weight is 340 g/mol. The van der Waals surface area contributed by atoms with Crippen LogP contribution in [0.15, 0.2) is 53.3 Å². The summed E-state index contributed by atoms with van der Waals surface area (Å²) in [5, 5.41) is 16.8. The second kappa shape index (κ2) is 7.00. The smallest absolute Gasteiger partial charge is 0.331 e. The van der Waals surface area contributed by atoms with Crippen molar-refractivity contribution in [1.82, 2.24) is 19.9 Å². The molecule has 0 aliphatic carbocycles. The lowest BCUT2D eigenvalue weighted by Crippen LogP contribution is -2.02. The van der Waals surface area contributed by atoms with E-state index in [1.807, 2.05) is 13.1 Å². The third-order valence-corrected chi connectivity index (χ3v) is 3.42. The van der Waals surface area contributed by atoms with Crippen LogP contribution in [0.3, 0.4) is 0 Å². The molecule has 0 aliphatic heterocycles. The molecule has 0 amide bonds. The molecule has 2 aromatic heterocycles. The molecular formula is C17H16N4O4. The Labute approximate surface area is 143 Å². The highest BCUT2D eigenvalue weighted by Gasteiger charge is 2.13. The van der Waals surface area contributed by atoms with Crippen molar-refractivity contribution in [3.8, 4) is 22.9 Å². The lowest BCUT2D eigenvalue weighted by molar-refractivity contribution is -0.132. The molecule has 1 aromatic carbocycles. The van der Waals surface area contributed by atoms with E-state index in [0.717, 1.165) is 12.1 Å². The fraction of sp³-hybridized carbons (Fsp3) is 0.176. The van der Waals surface area contributed by atoms with E-state index in [-0.39, 0.29) is 17.9 Å². The number of carboxylic acids is 1. The van der Waals surface area contributed by atoms with E-state index in [1.54, 1.807) is 35.1 Å². The van der Waals surface area contributed by atoms with Crippen LogP contribution in [0.5, 0.6) is 11.5 Å². The Hall–Kier alpha value is -3.42. The van der Waals surface area contributed by atoms with Crippen molar-refractivity contribution in [1.29, 1.82) is 0 Å². The summed E-state index contributed by atoms with van der Waals surface area (Å²) in [5.74, 6) is 0.798. The van der Waals surface area contributed by atoms with E-state index in [2.05, 4.69) is 21.8 Å². The molecule has 25 heavy (non-hydrogen) atoms. The molecule has 0 unspecified atom stereocenters. The number of ether oxygens (including phenoxy) is 1. The van der Waals surface area contributed by atoms with Gasteiger partial charge in [-0.25, -0.2) is 4.79 Å². The first-order valence-corrected chi connectivity index (χ1v) is 7.59. The van der Waals surface area contributed by atoms with E-state index < -0.39 is 5.97 Å². The first-order chi connectivity index (χ1) is 12.0. The molecule has 0 aliphatic rings. The van der Waals surface area contributed by atoms with Gasteiger partial charge in [0.2, 0.25) is 11.7 Å². The predicted molar refractivity (Wildman–Crippen MR) is 88.2 cm³/mol. The number of aryl methyl sites for hydroxylation is 1. The molecule has 0 saturated carbocycles. The summed E-state index contributed by atoms with van der Waals surface area (Å²) < 4.78 is 12.5. The van der Waals surface area contributed by atoms with E-state index in [4.69, 9.17) is 14.4 Å². The van der Waals surface area contributed by atoms with Crippen LogP contribution < -0.4 is 4.74 Å². The van der Waals surface area contributed by atoms with Crippen LogP contribution in [0.2, 0.25) is 0 Å². The number of rotatable bonds is 7. The number of carboxylic acid groups (broad SMARTS) is 1. The summed E-state index contributed by atoms with van der Waals surface area (Å²) in [7, 11) is 0. The Morgan fingerprint density at radius 3 is 2.72 bits per heavy atom. The Kier molecular flexibility index (Phi) is 4.60. The molecule has 0 radical (unpaired) electrons. The van der Waals surface area contributed by atoms with Crippen LogP contribution in [-0.2, 0) is 17.8 Å². The van der Waals surface area contributed by atoms with Crippen molar-refractivity contribution in [3.05, 3.63) is 54.7 Å². The number of carbonyl (C=O) groups is 1. The summed E-state index contributed by atoms with van der Waals surface area (Å²) in [5.41, 5.74) is 0.721. The van der Waals surface area contributed by atoms with Gasteiger partial charge in [-0.3, -0.25) is 4.68 Å². The van der Waals surface area contributed by atoms with Gasteiger partial charge >= 0.3 is 5.97 Å². The predicted octanol–water partition coefficient (Wildman–Crippen LogP) is 2.93. The van der Waals surface area contributed by atoms with Gasteiger partial charge in [-0.05, 0) is 31.2 Å². The van der Waals surface area contributed by atoms with Crippen molar-refractivity contribution in [2.24, 2.45) is 0 Å². The lowest BCUT2D eigenvalue weighted by Gasteiger charge is -2.02. The quantitative estimate of drug-likeness (QED) is 0.659. The van der Waals surface area contributed by atoms with Crippen LogP contribution in [0.25, 0.3) is 11.4 Å². The zero-order valence-corrected chi connectivity index (χ0v) is 13.5. The molecule has 0 spiro atoms. The molecule has 0 fully saturated rings. The van der Waals surface area contributed by atoms with Crippen LogP contribution in [0.1, 0.15) is 12.8 Å². The Morgan fingerprint density at radius 2 is 2.08 bits per heavy atom. The lowest BCUT2D eigenvalue weighted by atomic mass is 10.2. The second-order valence-corrected chi connectivity index (χ2v) is 5.26. The SMILES string of the molecule is C=C(Cc1nc(-c2ccc(Oc3cnn(CC)c3)cc2)no1)C(=O)O. The molecule has 0 saturated heterocycles. The maximum Gasteiger partial charge on any atom is 0.331 e. The summed E-state index contributed by atoms with van der Waals surface area (Å²) in [6, 6.07) is 7.15. The zero-order valence-electron chi connectivity index (χ0n) is 13.5. The van der Waals surface area contributed by atoms with Crippen molar-refractivity contribution >= 4 is 5.97 Å². The molecule has 0 bridgehead atoms. The van der Waals surface area contributed by atoms with Gasteiger partial charge in [0.1, 0.15) is 5.75 Å². The number of aliphatic carboxylic acids is 1. The van der Waals surface area contributed by atoms with E-state index in [0.29, 0.717) is 17.3 Å². The third-order valence-electron chi connectivity index (χ3n) is 3.42. The highest BCUT2D eigenvalue weighted by molar-refractivity contribution is 5.86. The highest BCUT2D eigenvalue weighted by Crippen LogP contribution is 2.24. The number of aromatic nitrogens is 4. The summed E-state index contributed by atoms with van der Waals surface area (Å²) in [4.78, 5) is 15.0. The molecule has 8 heteroatoms. The van der Waals surface area contributed by atoms with Crippen LogP contribution in [-0.4, -0.2) is 31.0 Å². The van der Waals surface area contributed by atoms with E-state index in [9.17, 15) is 4.79 Å². The molecule has 128 valence electrons. The second-order valence-electron chi connectivity index (χ2n) is 5.26. The fourth-order valence-corrected chi connectivity index (χ4v) is 2.08. The summed E-state index contributed by atoms with van der Waals surface area (Å²) in [6.07, 6.45) is 3.47. The largest absolute Gasteiger partial charge is 0.478 e. The van der Waals surface area contributed by atoms with Crippen molar-refractivity contribution < 1.29 is 19.2 Å². The van der Waals surface area contributed by atoms with Gasteiger partial charge in [0, 0.05) is 17.7 Å². The Balaban J connectivity index is 1.69. The van der Waals surface area contributed by atoms with Gasteiger partial charge in [-0.2, -0.15) is 10.1 Å². The monoisotopic (exact) mass is 340 g/mol. The molecule has 2 heterocycles.